The molecule has 0 aliphatic carbocycles. The topological polar surface area (TPSA) is 67.1 Å². The monoisotopic (exact) mass is 319 g/mol. The highest BCUT2D eigenvalue weighted by molar-refractivity contribution is 5.71. The maximum atomic E-state index is 5.71. The van der Waals surface area contributed by atoms with Crippen LogP contribution in [0.15, 0.2) is 54.6 Å². The number of anilines is 4. The summed E-state index contributed by atoms with van der Waals surface area (Å²) in [7, 11) is 4.07. The summed E-state index contributed by atoms with van der Waals surface area (Å²) in [6.07, 6.45) is 0. The molecular formula is C19H21N5. The molecule has 2 aromatic carbocycles. The maximum absolute atomic E-state index is 5.71. The van der Waals surface area contributed by atoms with E-state index in [4.69, 9.17) is 5.73 Å². The molecule has 5 heteroatoms. The van der Waals surface area contributed by atoms with Gasteiger partial charge in [0, 0.05) is 37.2 Å². The van der Waals surface area contributed by atoms with E-state index < -0.39 is 0 Å². The normalized spacial score (nSPS) is 10.5. The van der Waals surface area contributed by atoms with Crippen LogP contribution in [0.3, 0.4) is 0 Å². The van der Waals surface area contributed by atoms with Crippen LogP contribution in [-0.4, -0.2) is 24.1 Å². The second-order valence-corrected chi connectivity index (χ2v) is 5.90. The molecule has 3 N–H and O–H groups in total. The van der Waals surface area contributed by atoms with Gasteiger partial charge in [-0.2, -0.15) is 4.98 Å². The van der Waals surface area contributed by atoms with Crippen molar-refractivity contribution in [3.05, 3.63) is 60.3 Å². The van der Waals surface area contributed by atoms with Crippen molar-refractivity contribution in [3.63, 3.8) is 0 Å². The molecule has 0 radical (unpaired) electrons. The Morgan fingerprint density at radius 2 is 1.67 bits per heavy atom. The Morgan fingerprint density at radius 3 is 2.33 bits per heavy atom. The number of nitrogen functional groups attached to an aromatic ring is 1. The van der Waals surface area contributed by atoms with Gasteiger partial charge in [0.2, 0.25) is 5.95 Å². The number of rotatable bonds is 4. The minimum atomic E-state index is 0.271. The molecule has 0 aliphatic heterocycles. The Morgan fingerprint density at radius 1 is 0.917 bits per heavy atom. The number of nitrogens with one attached hydrogen (secondary N) is 1. The van der Waals surface area contributed by atoms with Crippen molar-refractivity contribution in [2.75, 3.05) is 30.0 Å². The first-order chi connectivity index (χ1) is 11.5. The van der Waals surface area contributed by atoms with Gasteiger partial charge in [0.15, 0.2) is 0 Å². The lowest BCUT2D eigenvalue weighted by Crippen LogP contribution is -2.07. The van der Waals surface area contributed by atoms with Crippen molar-refractivity contribution in [2.45, 2.75) is 6.92 Å². The fraction of sp³-hybridized carbons (Fsp3) is 0.158. The first-order valence-corrected chi connectivity index (χ1v) is 7.77. The Labute approximate surface area is 142 Å². The highest BCUT2D eigenvalue weighted by Gasteiger charge is 2.03. The summed E-state index contributed by atoms with van der Waals surface area (Å²) in [6.45, 7) is 1.89. The Kier molecular flexibility index (Phi) is 4.33. The summed E-state index contributed by atoms with van der Waals surface area (Å²) in [5, 5.41) is 3.29. The second kappa shape index (κ2) is 6.58. The van der Waals surface area contributed by atoms with Crippen molar-refractivity contribution in [2.24, 2.45) is 0 Å². The smallest absolute Gasteiger partial charge is 0.222 e. The van der Waals surface area contributed by atoms with Crippen molar-refractivity contribution in [3.8, 4) is 11.1 Å². The highest BCUT2D eigenvalue weighted by atomic mass is 15.1. The third kappa shape index (κ3) is 3.63. The van der Waals surface area contributed by atoms with E-state index in [1.165, 1.54) is 11.3 Å². The summed E-state index contributed by atoms with van der Waals surface area (Å²) in [6, 6.07) is 18.6. The molecule has 0 bridgehead atoms. The summed E-state index contributed by atoms with van der Waals surface area (Å²) < 4.78 is 0. The van der Waals surface area contributed by atoms with E-state index in [1.807, 2.05) is 39.2 Å². The molecule has 5 nitrogen and oxygen atoms in total. The lowest BCUT2D eigenvalue weighted by molar-refractivity contribution is 1.12. The standard InChI is InChI=1S/C19H21N5/c1-13-11-18(23-19(20)21-13)22-16-6-4-5-15(12-16)14-7-9-17(10-8-14)24(2)3/h4-12H,1-3H3,(H3,20,21,22,23). The molecule has 0 saturated heterocycles. The zero-order valence-electron chi connectivity index (χ0n) is 14.1. The SMILES string of the molecule is Cc1cc(Nc2cccc(-c3ccc(N(C)C)cc3)c2)nc(N)n1. The molecule has 0 aliphatic rings. The van der Waals surface area contributed by atoms with Gasteiger partial charge in [0.25, 0.3) is 0 Å². The maximum Gasteiger partial charge on any atom is 0.222 e. The van der Waals surface area contributed by atoms with Crippen molar-refractivity contribution in [1.29, 1.82) is 0 Å². The predicted octanol–water partition coefficient (Wildman–Crippen LogP) is 3.84. The van der Waals surface area contributed by atoms with E-state index in [1.54, 1.807) is 0 Å². The van der Waals surface area contributed by atoms with Crippen LogP contribution in [0.5, 0.6) is 0 Å². The fourth-order valence-corrected chi connectivity index (χ4v) is 2.53. The van der Waals surface area contributed by atoms with Gasteiger partial charge in [-0.1, -0.05) is 24.3 Å². The van der Waals surface area contributed by atoms with Crippen molar-refractivity contribution >= 4 is 23.1 Å². The zero-order chi connectivity index (χ0) is 17.1. The van der Waals surface area contributed by atoms with Crippen molar-refractivity contribution < 1.29 is 0 Å². The quantitative estimate of drug-likeness (QED) is 0.764. The average Bonchev–Trinajstić information content (AvgIpc) is 2.54. The highest BCUT2D eigenvalue weighted by Crippen LogP contribution is 2.26. The largest absolute Gasteiger partial charge is 0.378 e. The van der Waals surface area contributed by atoms with Crippen molar-refractivity contribution in [1.82, 2.24) is 9.97 Å². The fourth-order valence-electron chi connectivity index (χ4n) is 2.53. The van der Waals surface area contributed by atoms with Crippen LogP contribution in [0.2, 0.25) is 0 Å². The van der Waals surface area contributed by atoms with Gasteiger partial charge >= 0.3 is 0 Å². The first kappa shape index (κ1) is 15.8. The molecule has 0 spiro atoms. The van der Waals surface area contributed by atoms with Gasteiger partial charge in [-0.3, -0.25) is 0 Å². The number of nitrogens with two attached hydrogens (primary N) is 1. The van der Waals surface area contributed by atoms with Crippen LogP contribution in [0, 0.1) is 6.92 Å². The Hall–Kier alpha value is -3.08. The molecular weight excluding hydrogens is 298 g/mol. The number of aromatic nitrogens is 2. The first-order valence-electron chi connectivity index (χ1n) is 7.77. The van der Waals surface area contributed by atoms with Crippen LogP contribution in [0.1, 0.15) is 5.69 Å². The third-order valence-electron chi connectivity index (χ3n) is 3.72. The molecule has 0 saturated carbocycles. The van der Waals surface area contributed by atoms with E-state index in [0.29, 0.717) is 5.82 Å². The number of nitrogens with zero attached hydrogens (tertiary/aromatic N) is 3. The molecule has 0 atom stereocenters. The van der Waals surface area contributed by atoms with Crippen LogP contribution in [0.25, 0.3) is 11.1 Å². The third-order valence-corrected chi connectivity index (χ3v) is 3.72. The molecule has 0 fully saturated rings. The Balaban J connectivity index is 1.86. The number of hydrogen-bond acceptors (Lipinski definition) is 5. The van der Waals surface area contributed by atoms with Crippen LogP contribution in [0.4, 0.5) is 23.1 Å². The number of benzene rings is 2. The van der Waals surface area contributed by atoms with Crippen LogP contribution in [-0.2, 0) is 0 Å². The molecule has 0 unspecified atom stereocenters. The van der Waals surface area contributed by atoms with E-state index in [-0.39, 0.29) is 5.95 Å². The van der Waals surface area contributed by atoms with Crippen LogP contribution >= 0.6 is 0 Å². The minimum Gasteiger partial charge on any atom is -0.378 e. The lowest BCUT2D eigenvalue weighted by Gasteiger charge is -2.13. The average molecular weight is 319 g/mol. The van der Waals surface area contributed by atoms with E-state index >= 15 is 0 Å². The summed E-state index contributed by atoms with van der Waals surface area (Å²) >= 11 is 0. The molecule has 1 aromatic heterocycles. The van der Waals surface area contributed by atoms with Crippen LogP contribution < -0.4 is 16.0 Å². The van der Waals surface area contributed by atoms with E-state index in [0.717, 1.165) is 16.9 Å². The molecule has 24 heavy (non-hydrogen) atoms. The summed E-state index contributed by atoms with van der Waals surface area (Å²) in [5.74, 6) is 0.966. The van der Waals surface area contributed by atoms with Gasteiger partial charge in [-0.25, -0.2) is 4.98 Å². The van der Waals surface area contributed by atoms with E-state index in [9.17, 15) is 0 Å². The summed E-state index contributed by atoms with van der Waals surface area (Å²) in [5.41, 5.74) is 11.0. The van der Waals surface area contributed by atoms with Gasteiger partial charge in [-0.05, 0) is 42.3 Å². The molecule has 3 aromatic rings. The molecule has 122 valence electrons. The van der Waals surface area contributed by atoms with E-state index in [2.05, 4.69) is 56.6 Å². The summed E-state index contributed by atoms with van der Waals surface area (Å²) in [4.78, 5) is 10.4. The zero-order valence-corrected chi connectivity index (χ0v) is 14.1. The molecule has 1 heterocycles. The predicted molar refractivity (Wildman–Crippen MR) is 101 cm³/mol. The van der Waals surface area contributed by atoms with Gasteiger partial charge in [0.1, 0.15) is 5.82 Å². The van der Waals surface area contributed by atoms with Gasteiger partial charge < -0.3 is 16.0 Å². The molecule has 0 amide bonds. The number of hydrogen-bond donors (Lipinski definition) is 2. The molecule has 3 rings (SSSR count). The minimum absolute atomic E-state index is 0.271. The number of aryl methyl sites for hydroxylation is 1. The lowest BCUT2D eigenvalue weighted by atomic mass is 10.0. The second-order valence-electron chi connectivity index (χ2n) is 5.90. The van der Waals surface area contributed by atoms with Gasteiger partial charge in [-0.15, -0.1) is 0 Å². The van der Waals surface area contributed by atoms with Gasteiger partial charge in [0.05, 0.1) is 0 Å². The Bertz CT molecular complexity index is 820.